The molecule has 5 heteroatoms. The highest BCUT2D eigenvalue weighted by atomic mass is 16.8. The Kier molecular flexibility index (Phi) is 5.48. The van der Waals surface area contributed by atoms with Crippen molar-refractivity contribution in [3.8, 4) is 0 Å². The van der Waals surface area contributed by atoms with Crippen LogP contribution in [0.1, 0.15) is 59.1 Å². The summed E-state index contributed by atoms with van der Waals surface area (Å²) in [5.74, 6) is -0.563. The van der Waals surface area contributed by atoms with E-state index in [1.165, 1.54) is 5.56 Å². The molecular weight excluding hydrogens is 330 g/mol. The molecule has 2 aliphatic heterocycles. The van der Waals surface area contributed by atoms with E-state index in [2.05, 4.69) is 51.8 Å². The minimum absolute atomic E-state index is 0.00214. The molecule has 0 aromatic heterocycles. The maximum absolute atomic E-state index is 6.48. The van der Waals surface area contributed by atoms with E-state index in [9.17, 15) is 0 Å². The number of nitrogens with zero attached hydrogens (tertiary/aromatic N) is 1. The number of methoxy groups -OCH3 is 1. The van der Waals surface area contributed by atoms with Crippen molar-refractivity contribution in [3.63, 3.8) is 0 Å². The number of benzene rings is 1. The summed E-state index contributed by atoms with van der Waals surface area (Å²) in [6.45, 7) is 12.0. The average Bonchev–Trinajstić information content (AvgIpc) is 2.92. The van der Waals surface area contributed by atoms with Crippen LogP contribution in [0.2, 0.25) is 0 Å². The van der Waals surface area contributed by atoms with E-state index in [4.69, 9.17) is 19.0 Å². The van der Waals surface area contributed by atoms with Gasteiger partial charge in [-0.3, -0.25) is 4.84 Å². The molecule has 2 atom stereocenters. The molecule has 0 radical (unpaired) electrons. The van der Waals surface area contributed by atoms with Gasteiger partial charge in [-0.25, -0.2) is 0 Å². The van der Waals surface area contributed by atoms with Crippen molar-refractivity contribution in [2.24, 2.45) is 0 Å². The Morgan fingerprint density at radius 1 is 1.12 bits per heavy atom. The smallest absolute Gasteiger partial charge is 0.172 e. The Balaban J connectivity index is 1.77. The molecule has 3 rings (SSSR count). The second-order valence-electron chi connectivity index (χ2n) is 8.85. The van der Waals surface area contributed by atoms with Crippen LogP contribution >= 0.6 is 0 Å². The van der Waals surface area contributed by atoms with Gasteiger partial charge in [0.1, 0.15) is 12.2 Å². The second kappa shape index (κ2) is 7.21. The third kappa shape index (κ3) is 3.97. The average molecular weight is 363 g/mol. The Bertz CT molecular complexity index is 583. The van der Waals surface area contributed by atoms with Crippen molar-refractivity contribution in [1.29, 1.82) is 0 Å². The molecule has 0 aliphatic carbocycles. The summed E-state index contributed by atoms with van der Waals surface area (Å²) >= 11 is 0. The lowest BCUT2D eigenvalue weighted by Crippen LogP contribution is -2.65. The first-order valence-corrected chi connectivity index (χ1v) is 9.50. The lowest BCUT2D eigenvalue weighted by molar-refractivity contribution is -0.351. The van der Waals surface area contributed by atoms with Gasteiger partial charge in [0.25, 0.3) is 0 Å². The largest absolute Gasteiger partial charge is 0.382 e. The lowest BCUT2D eigenvalue weighted by atomic mass is 9.78. The predicted molar refractivity (Wildman–Crippen MR) is 101 cm³/mol. The first-order valence-electron chi connectivity index (χ1n) is 9.50. The van der Waals surface area contributed by atoms with Gasteiger partial charge in [-0.15, -0.1) is 0 Å². The molecule has 2 heterocycles. The maximum Gasteiger partial charge on any atom is 0.172 e. The molecule has 1 aromatic carbocycles. The van der Waals surface area contributed by atoms with Crippen LogP contribution < -0.4 is 0 Å². The van der Waals surface area contributed by atoms with Gasteiger partial charge < -0.3 is 14.2 Å². The fourth-order valence-electron chi connectivity index (χ4n) is 4.64. The molecule has 0 saturated carbocycles. The molecule has 0 amide bonds. The van der Waals surface area contributed by atoms with E-state index in [1.807, 2.05) is 18.2 Å². The fraction of sp³-hybridized carbons (Fsp3) is 0.714. The summed E-state index contributed by atoms with van der Waals surface area (Å²) < 4.78 is 17.7. The van der Waals surface area contributed by atoms with Crippen molar-refractivity contribution in [1.82, 2.24) is 5.06 Å². The minimum atomic E-state index is -0.563. The van der Waals surface area contributed by atoms with Crippen LogP contribution in [-0.4, -0.2) is 48.4 Å². The minimum Gasteiger partial charge on any atom is -0.382 e. The number of piperidine rings is 1. The SMILES string of the molecule is COCC1COC2(CC(C)(C)N(OC(C)c3ccccc3)C(C)(C)C2)O1. The Labute approximate surface area is 157 Å². The maximum atomic E-state index is 6.48. The van der Waals surface area contributed by atoms with Crippen LogP contribution in [-0.2, 0) is 19.0 Å². The second-order valence-corrected chi connectivity index (χ2v) is 8.85. The standard InChI is InChI=1S/C21H33NO4/c1-16(17-10-8-7-9-11-17)26-22-19(2,3)14-21(15-20(22,4)5)24-13-18(25-21)12-23-6/h7-11,16,18H,12-15H2,1-6H3. The fourth-order valence-corrected chi connectivity index (χ4v) is 4.64. The summed E-state index contributed by atoms with van der Waals surface area (Å²) in [4.78, 5) is 6.48. The molecule has 146 valence electrons. The summed E-state index contributed by atoms with van der Waals surface area (Å²) in [5, 5.41) is 2.15. The number of ether oxygens (including phenoxy) is 3. The molecule has 0 bridgehead atoms. The summed E-state index contributed by atoms with van der Waals surface area (Å²) in [6, 6.07) is 10.3. The van der Waals surface area contributed by atoms with Crippen molar-refractivity contribution in [3.05, 3.63) is 35.9 Å². The third-order valence-electron chi connectivity index (χ3n) is 5.30. The Morgan fingerprint density at radius 2 is 1.73 bits per heavy atom. The lowest BCUT2D eigenvalue weighted by Gasteiger charge is -2.56. The number of hydrogen-bond acceptors (Lipinski definition) is 5. The molecule has 5 nitrogen and oxygen atoms in total. The molecule has 2 saturated heterocycles. The van der Waals surface area contributed by atoms with Crippen LogP contribution in [0.15, 0.2) is 30.3 Å². The third-order valence-corrected chi connectivity index (χ3v) is 5.30. The van der Waals surface area contributed by atoms with Crippen LogP contribution in [0.5, 0.6) is 0 Å². The van der Waals surface area contributed by atoms with E-state index in [1.54, 1.807) is 7.11 Å². The molecule has 1 spiro atoms. The van der Waals surface area contributed by atoms with Crippen LogP contribution in [0.25, 0.3) is 0 Å². The highest BCUT2D eigenvalue weighted by molar-refractivity contribution is 5.17. The van der Waals surface area contributed by atoms with E-state index < -0.39 is 5.79 Å². The van der Waals surface area contributed by atoms with Crippen molar-refractivity contribution >= 4 is 0 Å². The van der Waals surface area contributed by atoms with Gasteiger partial charge in [0.15, 0.2) is 5.79 Å². The highest BCUT2D eigenvalue weighted by Gasteiger charge is 2.57. The molecule has 0 N–H and O–H groups in total. The van der Waals surface area contributed by atoms with Crippen LogP contribution in [0, 0.1) is 0 Å². The summed E-state index contributed by atoms with van der Waals surface area (Å²) in [7, 11) is 1.70. The monoisotopic (exact) mass is 363 g/mol. The Hall–Kier alpha value is -0.980. The summed E-state index contributed by atoms with van der Waals surface area (Å²) in [6.07, 6.45) is 1.49. The van der Waals surface area contributed by atoms with Gasteiger partial charge >= 0.3 is 0 Å². The number of hydroxylamine groups is 2. The van der Waals surface area contributed by atoms with Gasteiger partial charge in [0.2, 0.25) is 0 Å². The van der Waals surface area contributed by atoms with Gasteiger partial charge in [-0.2, -0.15) is 5.06 Å². The zero-order chi connectivity index (χ0) is 19.0. The quantitative estimate of drug-likeness (QED) is 0.788. The first-order chi connectivity index (χ1) is 12.2. The van der Waals surface area contributed by atoms with Gasteiger partial charge in [0, 0.05) is 31.0 Å². The van der Waals surface area contributed by atoms with Crippen molar-refractivity contribution < 1.29 is 19.0 Å². The topological polar surface area (TPSA) is 40.2 Å². The zero-order valence-electron chi connectivity index (χ0n) is 17.0. The summed E-state index contributed by atoms with van der Waals surface area (Å²) in [5.41, 5.74) is 0.715. The molecular formula is C21H33NO4. The molecule has 26 heavy (non-hydrogen) atoms. The van der Waals surface area contributed by atoms with Gasteiger partial charge in [-0.05, 0) is 40.2 Å². The van der Waals surface area contributed by atoms with E-state index in [0.29, 0.717) is 13.2 Å². The van der Waals surface area contributed by atoms with Crippen molar-refractivity contribution in [2.75, 3.05) is 20.3 Å². The number of rotatable bonds is 5. The van der Waals surface area contributed by atoms with E-state index in [-0.39, 0.29) is 23.3 Å². The predicted octanol–water partition coefficient (Wildman–Crippen LogP) is 4.09. The number of hydrogen-bond donors (Lipinski definition) is 0. The molecule has 2 aliphatic rings. The first kappa shape index (κ1) is 19.8. The van der Waals surface area contributed by atoms with Crippen LogP contribution in [0.4, 0.5) is 0 Å². The molecule has 2 fully saturated rings. The Morgan fingerprint density at radius 3 is 2.31 bits per heavy atom. The molecule has 2 unspecified atom stereocenters. The van der Waals surface area contributed by atoms with Gasteiger partial charge in [0.05, 0.1) is 13.2 Å². The molecule has 1 aromatic rings. The van der Waals surface area contributed by atoms with Crippen LogP contribution in [0.3, 0.4) is 0 Å². The van der Waals surface area contributed by atoms with E-state index >= 15 is 0 Å². The van der Waals surface area contributed by atoms with E-state index in [0.717, 1.165) is 12.8 Å². The zero-order valence-corrected chi connectivity index (χ0v) is 17.0. The normalized spacial score (nSPS) is 28.3. The highest BCUT2D eigenvalue weighted by Crippen LogP contribution is 2.49. The van der Waals surface area contributed by atoms with Crippen molar-refractivity contribution in [2.45, 2.75) is 76.5 Å². The van der Waals surface area contributed by atoms with Gasteiger partial charge in [-0.1, -0.05) is 30.3 Å².